The lowest BCUT2D eigenvalue weighted by atomic mass is 10.0. The SMILES string of the molecule is CCNC(=NCC(CC(C)C)N(C)C)NCCNC(=O)OC(C)(C)C.I. The summed E-state index contributed by atoms with van der Waals surface area (Å²) in [5.41, 5.74) is -0.481. The summed E-state index contributed by atoms with van der Waals surface area (Å²) in [6.07, 6.45) is 0.705. The van der Waals surface area contributed by atoms with E-state index in [9.17, 15) is 4.79 Å². The average Bonchev–Trinajstić information content (AvgIpc) is 2.45. The maximum atomic E-state index is 11.6. The summed E-state index contributed by atoms with van der Waals surface area (Å²) in [4.78, 5) is 18.5. The number of guanidine groups is 1. The first-order valence-corrected chi connectivity index (χ1v) is 9.20. The predicted octanol–water partition coefficient (Wildman–Crippen LogP) is 2.66. The Bertz CT molecular complexity index is 409. The fourth-order valence-electron chi connectivity index (χ4n) is 2.19. The van der Waals surface area contributed by atoms with Gasteiger partial charge in [0.05, 0.1) is 6.54 Å². The Morgan fingerprint density at radius 3 is 2.15 bits per heavy atom. The molecule has 0 rings (SSSR count). The molecule has 0 saturated carbocycles. The van der Waals surface area contributed by atoms with Gasteiger partial charge in [0, 0.05) is 25.7 Å². The van der Waals surface area contributed by atoms with Crippen LogP contribution in [-0.4, -0.2) is 68.9 Å². The van der Waals surface area contributed by atoms with Crippen molar-refractivity contribution in [3.05, 3.63) is 0 Å². The second kappa shape index (κ2) is 14.3. The molecule has 3 N–H and O–H groups in total. The molecule has 0 aromatic carbocycles. The number of likely N-dealkylation sites (N-methyl/N-ethyl adjacent to an activating group) is 1. The summed E-state index contributed by atoms with van der Waals surface area (Å²) < 4.78 is 5.21. The topological polar surface area (TPSA) is 78.0 Å². The minimum absolute atomic E-state index is 0. The third-order valence-electron chi connectivity index (χ3n) is 3.36. The van der Waals surface area contributed by atoms with E-state index in [2.05, 4.69) is 53.8 Å². The van der Waals surface area contributed by atoms with E-state index >= 15 is 0 Å². The predicted molar refractivity (Wildman–Crippen MR) is 121 cm³/mol. The van der Waals surface area contributed by atoms with Crippen molar-refractivity contribution in [1.29, 1.82) is 0 Å². The van der Waals surface area contributed by atoms with Gasteiger partial charge in [-0.1, -0.05) is 13.8 Å². The molecule has 0 saturated heterocycles. The third-order valence-corrected chi connectivity index (χ3v) is 3.36. The van der Waals surface area contributed by atoms with E-state index in [0.29, 0.717) is 25.0 Å². The zero-order chi connectivity index (χ0) is 19.5. The van der Waals surface area contributed by atoms with Crippen LogP contribution in [0.4, 0.5) is 4.79 Å². The second-order valence-corrected chi connectivity index (χ2v) is 7.82. The number of hydrogen-bond acceptors (Lipinski definition) is 4. The third kappa shape index (κ3) is 15.5. The van der Waals surface area contributed by atoms with Crippen molar-refractivity contribution in [3.63, 3.8) is 0 Å². The standard InChI is InChI=1S/C18H39N5O2.HI/c1-9-19-16(22-13-15(23(7)8)12-14(2)3)20-10-11-21-17(24)25-18(4,5)6;/h14-15H,9-13H2,1-8H3,(H,21,24)(H2,19,20,22);1H. The van der Waals surface area contributed by atoms with Crippen LogP contribution < -0.4 is 16.0 Å². The molecule has 0 aromatic heterocycles. The molecular weight excluding hydrogens is 445 g/mol. The maximum absolute atomic E-state index is 11.6. The highest BCUT2D eigenvalue weighted by Crippen LogP contribution is 2.09. The average molecular weight is 485 g/mol. The molecule has 7 nitrogen and oxygen atoms in total. The molecule has 0 aliphatic heterocycles. The van der Waals surface area contributed by atoms with Crippen molar-refractivity contribution in [1.82, 2.24) is 20.9 Å². The summed E-state index contributed by atoms with van der Waals surface area (Å²) in [5, 5.41) is 9.20. The Labute approximate surface area is 177 Å². The first-order chi connectivity index (χ1) is 11.5. The quantitative estimate of drug-likeness (QED) is 0.203. The molecule has 0 aliphatic rings. The van der Waals surface area contributed by atoms with Gasteiger partial charge in [-0.15, -0.1) is 24.0 Å². The summed E-state index contributed by atoms with van der Waals surface area (Å²) >= 11 is 0. The van der Waals surface area contributed by atoms with Gasteiger partial charge in [-0.2, -0.15) is 0 Å². The zero-order valence-electron chi connectivity index (χ0n) is 17.8. The van der Waals surface area contributed by atoms with Crippen molar-refractivity contribution in [2.24, 2.45) is 10.9 Å². The highest BCUT2D eigenvalue weighted by atomic mass is 127. The lowest BCUT2D eigenvalue weighted by Gasteiger charge is -2.25. The molecule has 1 unspecified atom stereocenters. The number of ether oxygens (including phenoxy) is 1. The van der Waals surface area contributed by atoms with Crippen LogP contribution in [0.2, 0.25) is 0 Å². The molecule has 0 aromatic rings. The van der Waals surface area contributed by atoms with Gasteiger partial charge in [0.15, 0.2) is 5.96 Å². The van der Waals surface area contributed by atoms with Gasteiger partial charge >= 0.3 is 6.09 Å². The Balaban J connectivity index is 0. The first kappa shape index (κ1) is 27.4. The number of rotatable bonds is 9. The van der Waals surface area contributed by atoms with Crippen molar-refractivity contribution in [2.75, 3.05) is 40.3 Å². The van der Waals surface area contributed by atoms with Gasteiger partial charge in [0.2, 0.25) is 0 Å². The van der Waals surface area contributed by atoms with Crippen molar-refractivity contribution in [3.8, 4) is 0 Å². The highest BCUT2D eigenvalue weighted by molar-refractivity contribution is 14.0. The Morgan fingerprint density at radius 2 is 1.69 bits per heavy atom. The fraction of sp³-hybridized carbons (Fsp3) is 0.889. The van der Waals surface area contributed by atoms with E-state index in [1.165, 1.54) is 0 Å². The molecule has 0 heterocycles. The van der Waals surface area contributed by atoms with Crippen LogP contribution in [-0.2, 0) is 4.74 Å². The minimum Gasteiger partial charge on any atom is -0.444 e. The lowest BCUT2D eigenvalue weighted by molar-refractivity contribution is 0.0529. The lowest BCUT2D eigenvalue weighted by Crippen LogP contribution is -2.43. The molecule has 0 bridgehead atoms. The molecule has 0 aliphatic carbocycles. The Kier molecular flexibility index (Phi) is 15.1. The van der Waals surface area contributed by atoms with Crippen LogP contribution in [0.25, 0.3) is 0 Å². The number of amides is 1. The van der Waals surface area contributed by atoms with E-state index < -0.39 is 11.7 Å². The van der Waals surface area contributed by atoms with Gasteiger partial charge in [0.25, 0.3) is 0 Å². The number of alkyl carbamates (subject to hydrolysis) is 1. The van der Waals surface area contributed by atoms with Gasteiger partial charge in [-0.05, 0) is 54.1 Å². The van der Waals surface area contributed by atoms with Gasteiger partial charge in [-0.25, -0.2) is 4.79 Å². The van der Waals surface area contributed by atoms with Crippen molar-refractivity contribution < 1.29 is 9.53 Å². The van der Waals surface area contributed by atoms with Crippen molar-refractivity contribution >= 4 is 36.0 Å². The largest absolute Gasteiger partial charge is 0.444 e. The van der Waals surface area contributed by atoms with Gasteiger partial charge in [0.1, 0.15) is 5.60 Å². The van der Waals surface area contributed by atoms with Crippen LogP contribution in [0.3, 0.4) is 0 Å². The number of carbonyl (C=O) groups is 1. The molecule has 1 amide bonds. The maximum Gasteiger partial charge on any atom is 0.407 e. The highest BCUT2D eigenvalue weighted by Gasteiger charge is 2.15. The van der Waals surface area contributed by atoms with Crippen LogP contribution in [0.5, 0.6) is 0 Å². The molecule has 0 fully saturated rings. The number of aliphatic imine (C=N–C) groups is 1. The molecule has 0 radical (unpaired) electrons. The molecule has 8 heteroatoms. The number of carbonyl (C=O) groups excluding carboxylic acids is 1. The zero-order valence-corrected chi connectivity index (χ0v) is 20.1. The smallest absolute Gasteiger partial charge is 0.407 e. The van der Waals surface area contributed by atoms with Crippen LogP contribution in [0.15, 0.2) is 4.99 Å². The minimum atomic E-state index is -0.481. The Morgan fingerprint density at radius 1 is 1.12 bits per heavy atom. The number of nitrogens with one attached hydrogen (secondary N) is 3. The summed E-state index contributed by atoms with van der Waals surface area (Å²) in [5.74, 6) is 1.40. The molecule has 156 valence electrons. The molecular formula is C18H40IN5O2. The summed E-state index contributed by atoms with van der Waals surface area (Å²) in [6, 6.07) is 0.412. The van der Waals surface area contributed by atoms with E-state index in [1.807, 2.05) is 27.7 Å². The number of nitrogens with zero attached hydrogens (tertiary/aromatic N) is 2. The normalized spacial score (nSPS) is 13.2. The first-order valence-electron chi connectivity index (χ1n) is 9.20. The van der Waals surface area contributed by atoms with E-state index in [4.69, 9.17) is 4.74 Å². The van der Waals surface area contributed by atoms with Crippen LogP contribution in [0, 0.1) is 5.92 Å². The second-order valence-electron chi connectivity index (χ2n) is 7.82. The van der Waals surface area contributed by atoms with E-state index in [-0.39, 0.29) is 24.0 Å². The number of hydrogen-bond donors (Lipinski definition) is 3. The van der Waals surface area contributed by atoms with Crippen LogP contribution >= 0.6 is 24.0 Å². The Hall–Kier alpha value is -0.770. The van der Waals surface area contributed by atoms with Crippen LogP contribution in [0.1, 0.15) is 48.0 Å². The van der Waals surface area contributed by atoms with E-state index in [1.54, 1.807) is 0 Å². The number of halogens is 1. The molecule has 1 atom stereocenters. The monoisotopic (exact) mass is 485 g/mol. The summed E-state index contributed by atoms with van der Waals surface area (Å²) in [6.45, 7) is 14.6. The van der Waals surface area contributed by atoms with Gasteiger partial charge in [-0.3, -0.25) is 4.99 Å². The fourth-order valence-corrected chi connectivity index (χ4v) is 2.19. The van der Waals surface area contributed by atoms with Gasteiger partial charge < -0.3 is 25.6 Å². The van der Waals surface area contributed by atoms with E-state index in [0.717, 1.165) is 25.5 Å². The summed E-state index contributed by atoms with van der Waals surface area (Å²) in [7, 11) is 4.18. The molecule has 0 spiro atoms. The van der Waals surface area contributed by atoms with Crippen molar-refractivity contribution in [2.45, 2.75) is 59.6 Å². The molecule has 26 heavy (non-hydrogen) atoms.